The largest absolute Gasteiger partial charge is 0.304 e. The Morgan fingerprint density at radius 2 is 1.85 bits per heavy atom. The Morgan fingerprint density at radius 3 is 2.35 bits per heavy atom. The van der Waals surface area contributed by atoms with Crippen LogP contribution in [0, 0.1) is 0 Å². The van der Waals surface area contributed by atoms with Crippen molar-refractivity contribution < 1.29 is 4.79 Å². The fourth-order valence-corrected chi connectivity index (χ4v) is 2.82. The number of benzene rings is 1. The van der Waals surface area contributed by atoms with E-state index in [9.17, 15) is 4.79 Å². The second-order valence-corrected chi connectivity index (χ2v) is 4.67. The molecule has 2 nitrogen and oxygen atoms in total. The first-order valence-electron chi connectivity index (χ1n) is 5.82. The summed E-state index contributed by atoms with van der Waals surface area (Å²) in [5.41, 5.74) is 0.361. The van der Waals surface area contributed by atoms with E-state index in [-0.39, 0.29) is 31.7 Å². The Labute approximate surface area is 156 Å². The first-order chi connectivity index (χ1) is 8.70. The highest BCUT2D eigenvalue weighted by Crippen LogP contribution is 2.37. The predicted octanol–water partition coefficient (Wildman–Crippen LogP) is 5.01. The van der Waals surface area contributed by atoms with Crippen LogP contribution in [-0.2, 0) is 10.3 Å². The van der Waals surface area contributed by atoms with Gasteiger partial charge in [-0.15, -0.1) is 12.4 Å². The van der Waals surface area contributed by atoms with Crippen LogP contribution in [0.4, 0.5) is 0 Å². The van der Waals surface area contributed by atoms with E-state index < -0.39 is 5.54 Å². The molecular formula is C13H19Cl3INOS. The first kappa shape index (κ1) is 23.1. The van der Waals surface area contributed by atoms with E-state index in [1.807, 2.05) is 31.3 Å². The average Bonchev–Trinajstić information content (AvgIpc) is 2.43. The van der Waals surface area contributed by atoms with Gasteiger partial charge in [-0.2, -0.15) is 13.5 Å². The van der Waals surface area contributed by atoms with Crippen LogP contribution in [0.3, 0.4) is 0 Å². The van der Waals surface area contributed by atoms with E-state index in [4.69, 9.17) is 11.6 Å². The molecule has 1 aromatic carbocycles. The number of rotatable bonds is 2. The van der Waals surface area contributed by atoms with Crippen molar-refractivity contribution in [2.45, 2.75) is 31.2 Å². The minimum Gasteiger partial charge on any atom is -0.304 e. The second-order valence-electron chi connectivity index (χ2n) is 4.27. The van der Waals surface area contributed by atoms with Crippen LogP contribution in [0.25, 0.3) is 0 Å². The van der Waals surface area contributed by atoms with E-state index in [1.54, 1.807) is 21.5 Å². The van der Waals surface area contributed by atoms with Crippen molar-refractivity contribution in [3.63, 3.8) is 0 Å². The van der Waals surface area contributed by atoms with E-state index in [2.05, 4.69) is 14.2 Å². The molecule has 20 heavy (non-hydrogen) atoms. The highest BCUT2D eigenvalue weighted by Gasteiger charge is 2.40. The zero-order valence-electron chi connectivity index (χ0n) is 11.1. The molecule has 0 aliphatic heterocycles. The standard InChI is InChI=1S/C13H16ClNO.ClI.ClH.H2S/c1-15-13(9-5-4-8-12(13)16)10-6-2-3-7-11(10)14;1-2;;/h2-3,6-7,15H,4-5,8-9H2,1H3;;1H;1H2/t13-;;;/m0.../s1. The van der Waals surface area contributed by atoms with Gasteiger partial charge in [0.25, 0.3) is 0 Å². The normalized spacial score (nSPS) is 20.9. The monoisotopic (exact) mass is 469 g/mol. The molecule has 0 aromatic heterocycles. The SMILES string of the molecule is CN[C@]1(c2ccccc2Cl)CCCCC1=O.Cl.ClI.S. The summed E-state index contributed by atoms with van der Waals surface area (Å²) in [6, 6.07) is 7.62. The summed E-state index contributed by atoms with van der Waals surface area (Å²) in [6.07, 6.45) is 3.54. The number of likely N-dealkylation sites (N-methyl/N-ethyl adjacent to an activating group) is 1. The molecule has 1 N–H and O–H groups in total. The van der Waals surface area contributed by atoms with Gasteiger partial charge in [0.05, 0.1) is 0 Å². The summed E-state index contributed by atoms with van der Waals surface area (Å²) in [5, 5.41) is 3.86. The Hall–Kier alpha value is 0.800. The van der Waals surface area contributed by atoms with Crippen LogP contribution >= 0.6 is 67.9 Å². The van der Waals surface area contributed by atoms with Gasteiger partial charge in [0.2, 0.25) is 0 Å². The number of halogens is 4. The number of carbonyl (C=O) groups excluding carboxylic acids is 1. The zero-order valence-corrected chi connectivity index (χ0v) is 16.6. The number of ketones is 1. The maximum atomic E-state index is 12.2. The molecule has 1 fully saturated rings. The van der Waals surface area contributed by atoms with Crippen molar-refractivity contribution in [1.29, 1.82) is 0 Å². The Bertz CT molecular complexity index is 422. The number of nitrogens with one attached hydrogen (secondary N) is 1. The van der Waals surface area contributed by atoms with Crippen LogP contribution in [0.15, 0.2) is 24.3 Å². The van der Waals surface area contributed by atoms with Crippen LogP contribution in [-0.4, -0.2) is 12.8 Å². The summed E-state index contributed by atoms with van der Waals surface area (Å²) in [7, 11) is 6.45. The van der Waals surface area contributed by atoms with Gasteiger partial charge in [-0.25, -0.2) is 0 Å². The summed E-state index contributed by atoms with van der Waals surface area (Å²) >= 11 is 7.82. The smallest absolute Gasteiger partial charge is 0.157 e. The van der Waals surface area contributed by atoms with Crippen molar-refractivity contribution in [1.82, 2.24) is 5.32 Å². The number of hydrogen-bond acceptors (Lipinski definition) is 2. The number of hydrogen-bond donors (Lipinski definition) is 1. The molecule has 0 bridgehead atoms. The molecule has 7 heteroatoms. The second kappa shape index (κ2) is 11.4. The third-order valence-electron chi connectivity index (χ3n) is 3.44. The van der Waals surface area contributed by atoms with Crippen molar-refractivity contribution in [2.75, 3.05) is 7.05 Å². The van der Waals surface area contributed by atoms with Crippen LogP contribution < -0.4 is 5.32 Å². The van der Waals surface area contributed by atoms with E-state index >= 15 is 0 Å². The maximum absolute atomic E-state index is 12.2. The van der Waals surface area contributed by atoms with Gasteiger partial charge in [-0.05, 0) is 40.4 Å². The lowest BCUT2D eigenvalue weighted by Gasteiger charge is -2.36. The molecule has 1 aliphatic carbocycles. The van der Waals surface area contributed by atoms with Gasteiger partial charge in [0, 0.05) is 32.9 Å². The molecular weight excluding hydrogens is 451 g/mol. The molecule has 1 aliphatic rings. The highest BCUT2D eigenvalue weighted by atomic mass is 127. The zero-order chi connectivity index (χ0) is 13.6. The van der Waals surface area contributed by atoms with Gasteiger partial charge >= 0.3 is 0 Å². The molecule has 2 rings (SSSR count). The Morgan fingerprint density at radius 1 is 1.25 bits per heavy atom. The molecule has 0 radical (unpaired) electrons. The fourth-order valence-electron chi connectivity index (χ4n) is 2.52. The number of Topliss-reactive ketones (excluding diaryl/α,β-unsaturated/α-hetero) is 1. The van der Waals surface area contributed by atoms with Gasteiger partial charge in [-0.1, -0.05) is 36.2 Å². The van der Waals surface area contributed by atoms with Gasteiger partial charge < -0.3 is 5.32 Å². The van der Waals surface area contributed by atoms with Gasteiger partial charge in [0.1, 0.15) is 5.54 Å². The first-order valence-corrected chi connectivity index (χ1v) is 8.93. The third kappa shape index (κ3) is 4.92. The number of carbonyl (C=O) groups is 1. The minimum atomic E-state index is -0.559. The van der Waals surface area contributed by atoms with E-state index in [0.29, 0.717) is 11.4 Å². The summed E-state index contributed by atoms with van der Waals surface area (Å²) in [4.78, 5) is 12.2. The molecule has 1 atom stereocenters. The van der Waals surface area contributed by atoms with Crippen molar-refractivity contribution in [2.24, 2.45) is 0 Å². The molecule has 0 spiro atoms. The molecule has 1 saturated carbocycles. The van der Waals surface area contributed by atoms with Crippen molar-refractivity contribution in [3.05, 3.63) is 34.9 Å². The lowest BCUT2D eigenvalue weighted by molar-refractivity contribution is -0.127. The van der Waals surface area contributed by atoms with Gasteiger partial charge in [-0.3, -0.25) is 4.79 Å². The topological polar surface area (TPSA) is 29.1 Å². The Balaban J connectivity index is 0. The average molecular weight is 471 g/mol. The minimum absolute atomic E-state index is 0. The molecule has 116 valence electrons. The summed E-state index contributed by atoms with van der Waals surface area (Å²) in [6.45, 7) is 0. The molecule has 0 saturated heterocycles. The van der Waals surface area contributed by atoms with Crippen LogP contribution in [0.5, 0.6) is 0 Å². The van der Waals surface area contributed by atoms with Gasteiger partial charge in [0.15, 0.2) is 5.78 Å². The quantitative estimate of drug-likeness (QED) is 0.616. The van der Waals surface area contributed by atoms with Crippen molar-refractivity contribution >= 4 is 73.7 Å². The molecule has 1 aromatic rings. The Kier molecular flexibility index (Phi) is 13.1. The fraction of sp³-hybridized carbons (Fsp3) is 0.462. The van der Waals surface area contributed by atoms with Crippen molar-refractivity contribution in [3.8, 4) is 0 Å². The summed E-state index contributed by atoms with van der Waals surface area (Å²) in [5.74, 6) is 0.259. The third-order valence-corrected chi connectivity index (χ3v) is 3.77. The molecule has 0 unspecified atom stereocenters. The predicted molar refractivity (Wildman–Crippen MR) is 103 cm³/mol. The van der Waals surface area contributed by atoms with Crippen LogP contribution in [0.1, 0.15) is 31.2 Å². The lowest BCUT2D eigenvalue weighted by atomic mass is 9.75. The highest BCUT2D eigenvalue weighted by molar-refractivity contribution is 14.1. The summed E-state index contributed by atoms with van der Waals surface area (Å²) < 4.78 is 0. The maximum Gasteiger partial charge on any atom is 0.157 e. The molecule has 0 heterocycles. The lowest BCUT2D eigenvalue weighted by Crippen LogP contribution is -2.49. The van der Waals surface area contributed by atoms with E-state index in [1.165, 1.54) is 0 Å². The van der Waals surface area contributed by atoms with Crippen LogP contribution in [0.2, 0.25) is 5.02 Å². The molecule has 0 amide bonds. The van der Waals surface area contributed by atoms with E-state index in [0.717, 1.165) is 24.8 Å².